The van der Waals surface area contributed by atoms with Gasteiger partial charge in [0.05, 0.1) is 0 Å². The lowest BCUT2D eigenvalue weighted by Crippen LogP contribution is -2.73. The van der Waals surface area contributed by atoms with Gasteiger partial charge in [-0.1, -0.05) is 32.6 Å². The molecular weight excluding hydrogens is 521 g/mol. The van der Waals surface area contributed by atoms with Crippen molar-refractivity contribution in [2.24, 2.45) is 5.92 Å². The zero-order chi connectivity index (χ0) is 27.8. The molecule has 0 aliphatic carbocycles. The summed E-state index contributed by atoms with van der Waals surface area (Å²) in [5, 5.41) is 0. The highest BCUT2D eigenvalue weighted by Gasteiger charge is 2.94. The van der Waals surface area contributed by atoms with Crippen molar-refractivity contribution in [2.75, 3.05) is 0 Å². The second-order valence-corrected chi connectivity index (χ2v) is 7.14. The Bertz CT molecular complexity index is 787. The van der Waals surface area contributed by atoms with Crippen LogP contribution >= 0.6 is 0 Å². The molecule has 1 unspecified atom stereocenters. The van der Waals surface area contributed by atoms with Gasteiger partial charge in [-0.2, -0.15) is 65.9 Å². The molecule has 0 heterocycles. The standard InChI is InChI=1S/C17H15F15O2/c1-4-5-6-9(7-8(2)3)34-10(33)11(18,19)12(20,21)13(22,23)14(24,25)15(26,27)16(28,29)17(30,31)32/h8-9H,4,7H2,1-3H3. The molecule has 34 heavy (non-hydrogen) atoms. The Morgan fingerprint density at radius 1 is 0.706 bits per heavy atom. The molecule has 0 aliphatic heterocycles. The van der Waals surface area contributed by atoms with Crippen LogP contribution < -0.4 is 0 Å². The molecule has 0 saturated carbocycles. The summed E-state index contributed by atoms with van der Waals surface area (Å²) in [6, 6.07) is 0. The lowest BCUT2D eigenvalue weighted by Gasteiger charge is -2.40. The molecule has 0 aromatic carbocycles. The van der Waals surface area contributed by atoms with Crippen LogP contribution in [-0.2, 0) is 9.53 Å². The second kappa shape index (κ2) is 9.56. The SMILES string of the molecule is CCC#CC(CC(C)C)OC(=O)C(F)(F)C(F)(F)C(F)(F)C(F)(F)C(F)(F)C(F)(F)C(F)(F)F. The number of halogens is 15. The monoisotopic (exact) mass is 536 g/mol. The van der Waals surface area contributed by atoms with Gasteiger partial charge in [0, 0.05) is 6.42 Å². The maximum absolute atomic E-state index is 13.8. The predicted molar refractivity (Wildman–Crippen MR) is 83.1 cm³/mol. The van der Waals surface area contributed by atoms with Crippen molar-refractivity contribution < 1.29 is 75.4 Å². The van der Waals surface area contributed by atoms with Gasteiger partial charge in [-0.3, -0.25) is 0 Å². The normalized spacial score (nSPS) is 15.6. The van der Waals surface area contributed by atoms with Crippen LogP contribution in [0.4, 0.5) is 65.9 Å². The summed E-state index contributed by atoms with van der Waals surface area (Å²) in [7, 11) is 0. The third kappa shape index (κ3) is 5.14. The van der Waals surface area contributed by atoms with Gasteiger partial charge in [-0.05, 0) is 12.3 Å². The fraction of sp³-hybridized carbons (Fsp3) is 0.824. The van der Waals surface area contributed by atoms with E-state index in [1.54, 1.807) is 0 Å². The van der Waals surface area contributed by atoms with Crippen molar-refractivity contribution in [1.29, 1.82) is 0 Å². The van der Waals surface area contributed by atoms with Gasteiger partial charge >= 0.3 is 47.7 Å². The number of carbonyl (C=O) groups excluding carboxylic acids is 1. The predicted octanol–water partition coefficient (Wildman–Crippen LogP) is 6.73. The van der Waals surface area contributed by atoms with Crippen LogP contribution in [0.25, 0.3) is 0 Å². The number of ether oxygens (including phenoxy) is 1. The average molecular weight is 536 g/mol. The molecule has 0 amide bonds. The molecule has 0 bridgehead atoms. The maximum atomic E-state index is 13.8. The third-order valence-electron chi connectivity index (χ3n) is 3.96. The molecule has 17 heteroatoms. The van der Waals surface area contributed by atoms with Gasteiger partial charge in [0.25, 0.3) is 0 Å². The highest BCUT2D eigenvalue weighted by molar-refractivity contribution is 5.79. The van der Waals surface area contributed by atoms with E-state index in [-0.39, 0.29) is 6.42 Å². The van der Waals surface area contributed by atoms with Crippen molar-refractivity contribution >= 4 is 5.97 Å². The third-order valence-corrected chi connectivity index (χ3v) is 3.96. The van der Waals surface area contributed by atoms with E-state index >= 15 is 0 Å². The van der Waals surface area contributed by atoms with Crippen LogP contribution in [0.1, 0.15) is 33.6 Å². The summed E-state index contributed by atoms with van der Waals surface area (Å²) in [6.07, 6.45) is -10.2. The van der Waals surface area contributed by atoms with E-state index in [1.165, 1.54) is 20.8 Å². The summed E-state index contributed by atoms with van der Waals surface area (Å²) >= 11 is 0. The van der Waals surface area contributed by atoms with E-state index in [4.69, 9.17) is 0 Å². The van der Waals surface area contributed by atoms with Gasteiger partial charge in [0.2, 0.25) is 0 Å². The molecule has 0 saturated heterocycles. The van der Waals surface area contributed by atoms with Crippen LogP contribution in [0.2, 0.25) is 0 Å². The molecule has 200 valence electrons. The summed E-state index contributed by atoms with van der Waals surface area (Å²) in [4.78, 5) is 11.4. The van der Waals surface area contributed by atoms with Crippen molar-refractivity contribution in [3.63, 3.8) is 0 Å². The van der Waals surface area contributed by atoms with E-state index in [0.29, 0.717) is 0 Å². The molecule has 0 rings (SSSR count). The van der Waals surface area contributed by atoms with E-state index in [1.807, 2.05) is 5.92 Å². The van der Waals surface area contributed by atoms with E-state index < -0.39 is 66.1 Å². The lowest BCUT2D eigenvalue weighted by atomic mass is 9.91. The molecule has 1 atom stereocenters. The molecule has 0 radical (unpaired) electrons. The number of alkyl halides is 15. The van der Waals surface area contributed by atoms with Crippen LogP contribution in [0.15, 0.2) is 0 Å². The fourth-order valence-corrected chi connectivity index (χ4v) is 2.08. The van der Waals surface area contributed by atoms with E-state index in [2.05, 4.69) is 10.7 Å². The van der Waals surface area contributed by atoms with Gasteiger partial charge in [0.15, 0.2) is 6.10 Å². The topological polar surface area (TPSA) is 26.3 Å². The molecule has 2 nitrogen and oxygen atoms in total. The molecule has 0 fully saturated rings. The van der Waals surface area contributed by atoms with Crippen molar-refractivity contribution in [1.82, 2.24) is 0 Å². The summed E-state index contributed by atoms with van der Waals surface area (Å²) < 4.78 is 201. The van der Waals surface area contributed by atoms with Crippen LogP contribution in [0.3, 0.4) is 0 Å². The Morgan fingerprint density at radius 2 is 1.09 bits per heavy atom. The second-order valence-electron chi connectivity index (χ2n) is 7.14. The average Bonchev–Trinajstić information content (AvgIpc) is 2.63. The largest absolute Gasteiger partial charge is 0.460 e. The molecule has 0 aromatic rings. The first-order valence-electron chi connectivity index (χ1n) is 8.80. The van der Waals surface area contributed by atoms with E-state index in [9.17, 15) is 70.7 Å². The first-order valence-corrected chi connectivity index (χ1v) is 8.80. The Morgan fingerprint density at radius 3 is 1.44 bits per heavy atom. The molecule has 0 aliphatic rings. The Labute approximate surface area is 181 Å². The van der Waals surface area contributed by atoms with Gasteiger partial charge < -0.3 is 4.74 Å². The Hall–Kier alpha value is -2.02. The lowest BCUT2D eigenvalue weighted by molar-refractivity contribution is -0.450. The summed E-state index contributed by atoms with van der Waals surface area (Å²) in [5.74, 6) is -48.5. The van der Waals surface area contributed by atoms with Gasteiger partial charge in [-0.25, -0.2) is 4.79 Å². The van der Waals surface area contributed by atoms with Crippen molar-refractivity contribution in [2.45, 2.75) is 81.4 Å². The number of hydrogen-bond donors (Lipinski definition) is 0. The van der Waals surface area contributed by atoms with Gasteiger partial charge in [-0.15, -0.1) is 0 Å². The van der Waals surface area contributed by atoms with E-state index in [0.717, 1.165) is 0 Å². The smallest absolute Gasteiger partial charge is 0.445 e. The first kappa shape index (κ1) is 32.0. The van der Waals surface area contributed by atoms with Crippen LogP contribution in [0.5, 0.6) is 0 Å². The quantitative estimate of drug-likeness (QED) is 0.186. The minimum absolute atomic E-state index is 0.0362. The molecular formula is C17H15F15O2. The number of rotatable bonds is 9. The number of hydrogen-bond acceptors (Lipinski definition) is 2. The molecule has 0 aromatic heterocycles. The molecule has 0 N–H and O–H groups in total. The van der Waals surface area contributed by atoms with Crippen LogP contribution in [-0.4, -0.2) is 53.8 Å². The zero-order valence-electron chi connectivity index (χ0n) is 17.1. The number of carbonyl (C=O) groups is 1. The fourth-order valence-electron chi connectivity index (χ4n) is 2.08. The molecule has 0 spiro atoms. The zero-order valence-corrected chi connectivity index (χ0v) is 17.1. The minimum atomic E-state index is -8.47. The summed E-state index contributed by atoms with van der Waals surface area (Å²) in [6.45, 7) is 4.06. The Kier molecular flexibility index (Phi) is 8.99. The highest BCUT2D eigenvalue weighted by Crippen LogP contribution is 2.62. The van der Waals surface area contributed by atoms with Crippen molar-refractivity contribution in [3.05, 3.63) is 0 Å². The summed E-state index contributed by atoms with van der Waals surface area (Å²) in [5.41, 5.74) is 0. The van der Waals surface area contributed by atoms with Crippen molar-refractivity contribution in [3.8, 4) is 11.8 Å². The number of esters is 1. The Balaban J connectivity index is 6.47. The first-order chi connectivity index (χ1) is 14.8. The highest BCUT2D eigenvalue weighted by atomic mass is 19.4. The maximum Gasteiger partial charge on any atom is 0.460 e. The van der Waals surface area contributed by atoms with Gasteiger partial charge in [0.1, 0.15) is 0 Å². The van der Waals surface area contributed by atoms with Crippen LogP contribution in [0, 0.1) is 17.8 Å². The minimum Gasteiger partial charge on any atom is -0.445 e.